The van der Waals surface area contributed by atoms with Crippen molar-refractivity contribution in [3.8, 4) is 0 Å². The number of carbonyl (C=O) groups excluding carboxylic acids is 1. The Morgan fingerprint density at radius 1 is 1.56 bits per heavy atom. The van der Waals surface area contributed by atoms with E-state index < -0.39 is 10.9 Å². The summed E-state index contributed by atoms with van der Waals surface area (Å²) in [6.45, 7) is 1.67. The zero-order valence-electron chi connectivity index (χ0n) is 9.70. The van der Waals surface area contributed by atoms with Gasteiger partial charge in [-0.25, -0.2) is 0 Å². The average molecular weight is 252 g/mol. The second kappa shape index (κ2) is 5.76. The van der Waals surface area contributed by atoms with Crippen molar-refractivity contribution in [3.63, 3.8) is 0 Å². The Labute approximate surface area is 103 Å². The van der Waals surface area contributed by atoms with E-state index in [1.165, 1.54) is 17.0 Å². The van der Waals surface area contributed by atoms with Crippen molar-refractivity contribution in [2.45, 2.75) is 6.92 Å². The zero-order chi connectivity index (χ0) is 13.7. The summed E-state index contributed by atoms with van der Waals surface area (Å²) in [5, 5.41) is 19.7. The van der Waals surface area contributed by atoms with Gasteiger partial charge in [-0.05, 0) is 19.1 Å². The van der Waals surface area contributed by atoms with E-state index in [0.717, 1.165) is 6.07 Å². The molecule has 18 heavy (non-hydrogen) atoms. The third kappa shape index (κ3) is 3.03. The number of nitrogens with zero attached hydrogens (tertiary/aromatic N) is 2. The summed E-state index contributed by atoms with van der Waals surface area (Å²) in [4.78, 5) is 32.9. The molecule has 1 aromatic carbocycles. The predicted octanol–water partition coefficient (Wildman–Crippen LogP) is 1.32. The lowest BCUT2D eigenvalue weighted by Crippen LogP contribution is -2.29. The van der Waals surface area contributed by atoms with Crippen LogP contribution < -0.4 is 4.90 Å². The summed E-state index contributed by atoms with van der Waals surface area (Å²) in [5.41, 5.74) is 0.0926. The molecule has 0 saturated heterocycles. The molecule has 0 aliphatic carbocycles. The molecule has 0 unspecified atom stereocenters. The average Bonchev–Trinajstić information content (AvgIpc) is 2.34. The lowest BCUT2D eigenvalue weighted by atomic mass is 10.1. The number of likely N-dealkylation sites (N-methyl/N-ethyl adjacent to an activating group) is 1. The number of benzene rings is 1. The Balaban J connectivity index is 3.24. The Kier molecular flexibility index (Phi) is 4.36. The minimum absolute atomic E-state index is 0.178. The fourth-order valence-corrected chi connectivity index (χ4v) is 1.56. The van der Waals surface area contributed by atoms with E-state index in [0.29, 0.717) is 12.8 Å². The standard InChI is InChI=1S/C11H12N2O5/c1-2-12(6-11(15)16)9-4-3-8(7-14)5-10(9)13(17)18/h3-5,7H,2,6H2,1H3,(H,15,16). The zero-order valence-corrected chi connectivity index (χ0v) is 9.70. The minimum Gasteiger partial charge on any atom is -0.480 e. The highest BCUT2D eigenvalue weighted by Gasteiger charge is 2.20. The van der Waals surface area contributed by atoms with Gasteiger partial charge in [-0.15, -0.1) is 0 Å². The summed E-state index contributed by atoms with van der Waals surface area (Å²) in [6, 6.07) is 3.93. The molecule has 0 heterocycles. The van der Waals surface area contributed by atoms with Crippen LogP contribution in [0.25, 0.3) is 0 Å². The van der Waals surface area contributed by atoms with Crippen LogP contribution in [0.1, 0.15) is 17.3 Å². The highest BCUT2D eigenvalue weighted by atomic mass is 16.6. The summed E-state index contributed by atoms with van der Waals surface area (Å²) in [7, 11) is 0. The smallest absolute Gasteiger partial charge is 0.323 e. The van der Waals surface area contributed by atoms with E-state index in [2.05, 4.69) is 0 Å². The van der Waals surface area contributed by atoms with Crippen molar-refractivity contribution in [1.82, 2.24) is 0 Å². The number of carboxylic acid groups (broad SMARTS) is 1. The van der Waals surface area contributed by atoms with Gasteiger partial charge >= 0.3 is 5.97 Å². The van der Waals surface area contributed by atoms with Crippen molar-refractivity contribution < 1.29 is 19.6 Å². The second-order valence-electron chi connectivity index (χ2n) is 3.53. The van der Waals surface area contributed by atoms with E-state index in [1.54, 1.807) is 6.92 Å². The molecule has 1 N–H and O–H groups in total. The van der Waals surface area contributed by atoms with Crippen molar-refractivity contribution in [2.75, 3.05) is 18.0 Å². The Bertz CT molecular complexity index is 486. The number of hydrogen-bond donors (Lipinski definition) is 1. The summed E-state index contributed by atoms with van der Waals surface area (Å²) in [6.07, 6.45) is 0.504. The van der Waals surface area contributed by atoms with Crippen LogP contribution in [0.15, 0.2) is 18.2 Å². The first-order chi connectivity index (χ1) is 8.49. The largest absolute Gasteiger partial charge is 0.480 e. The molecule has 0 aliphatic rings. The van der Waals surface area contributed by atoms with Gasteiger partial charge in [0, 0.05) is 18.2 Å². The van der Waals surface area contributed by atoms with Crippen LogP contribution in [0.3, 0.4) is 0 Å². The quantitative estimate of drug-likeness (QED) is 0.465. The Morgan fingerprint density at radius 2 is 2.22 bits per heavy atom. The summed E-state index contributed by atoms with van der Waals surface area (Å²) < 4.78 is 0. The second-order valence-corrected chi connectivity index (χ2v) is 3.53. The maximum Gasteiger partial charge on any atom is 0.323 e. The molecule has 0 aromatic heterocycles. The predicted molar refractivity (Wildman–Crippen MR) is 64.0 cm³/mol. The molecular formula is C11H12N2O5. The van der Waals surface area contributed by atoms with Gasteiger partial charge in [-0.2, -0.15) is 0 Å². The normalized spacial score (nSPS) is 9.83. The van der Waals surface area contributed by atoms with E-state index in [-0.39, 0.29) is 23.5 Å². The number of hydrogen-bond acceptors (Lipinski definition) is 5. The van der Waals surface area contributed by atoms with Crippen LogP contribution >= 0.6 is 0 Å². The van der Waals surface area contributed by atoms with Gasteiger partial charge in [0.15, 0.2) is 0 Å². The molecule has 0 aliphatic heterocycles. The monoisotopic (exact) mass is 252 g/mol. The molecule has 7 heteroatoms. The van der Waals surface area contributed by atoms with Crippen LogP contribution in [0.2, 0.25) is 0 Å². The van der Waals surface area contributed by atoms with E-state index >= 15 is 0 Å². The molecule has 7 nitrogen and oxygen atoms in total. The number of carboxylic acids is 1. The first-order valence-corrected chi connectivity index (χ1v) is 5.20. The molecule has 0 saturated carbocycles. The fraction of sp³-hybridized carbons (Fsp3) is 0.273. The molecule has 1 rings (SSSR count). The first-order valence-electron chi connectivity index (χ1n) is 5.20. The number of anilines is 1. The first kappa shape index (κ1) is 13.6. The lowest BCUT2D eigenvalue weighted by Gasteiger charge is -2.20. The molecule has 96 valence electrons. The van der Waals surface area contributed by atoms with E-state index in [1.807, 2.05) is 0 Å². The molecule has 1 aromatic rings. The number of nitro groups is 1. The third-order valence-corrected chi connectivity index (χ3v) is 2.38. The van der Waals surface area contributed by atoms with Crippen LogP contribution in [-0.4, -0.2) is 35.4 Å². The minimum atomic E-state index is -1.08. The highest BCUT2D eigenvalue weighted by molar-refractivity contribution is 5.81. The van der Waals surface area contributed by atoms with E-state index in [9.17, 15) is 19.7 Å². The van der Waals surface area contributed by atoms with E-state index in [4.69, 9.17) is 5.11 Å². The van der Waals surface area contributed by atoms with Gasteiger partial charge < -0.3 is 10.0 Å². The van der Waals surface area contributed by atoms with Crippen LogP contribution in [0.4, 0.5) is 11.4 Å². The maximum atomic E-state index is 10.9. The van der Waals surface area contributed by atoms with Gasteiger partial charge in [0.25, 0.3) is 5.69 Å². The molecule has 0 bridgehead atoms. The van der Waals surface area contributed by atoms with Crippen LogP contribution in [-0.2, 0) is 4.79 Å². The SMILES string of the molecule is CCN(CC(=O)O)c1ccc(C=O)cc1[N+](=O)[O-]. The fourth-order valence-electron chi connectivity index (χ4n) is 1.56. The number of aldehydes is 1. The van der Waals surface area contributed by atoms with Gasteiger partial charge in [0.1, 0.15) is 18.5 Å². The molecule has 0 spiro atoms. The molecule has 0 radical (unpaired) electrons. The number of nitro benzene ring substituents is 1. The van der Waals surface area contributed by atoms with Crippen molar-refractivity contribution >= 4 is 23.6 Å². The molecule has 0 atom stereocenters. The van der Waals surface area contributed by atoms with Crippen LogP contribution in [0, 0.1) is 10.1 Å². The van der Waals surface area contributed by atoms with Crippen molar-refractivity contribution in [3.05, 3.63) is 33.9 Å². The topological polar surface area (TPSA) is 101 Å². The van der Waals surface area contributed by atoms with Gasteiger partial charge in [-0.1, -0.05) is 0 Å². The maximum absolute atomic E-state index is 10.9. The number of aliphatic carboxylic acids is 1. The molecule has 0 fully saturated rings. The van der Waals surface area contributed by atoms with Crippen molar-refractivity contribution in [2.24, 2.45) is 0 Å². The van der Waals surface area contributed by atoms with Gasteiger partial charge in [-0.3, -0.25) is 19.7 Å². The third-order valence-electron chi connectivity index (χ3n) is 2.38. The lowest BCUT2D eigenvalue weighted by molar-refractivity contribution is -0.384. The van der Waals surface area contributed by atoms with Gasteiger partial charge in [0.2, 0.25) is 0 Å². The molecule has 0 amide bonds. The van der Waals surface area contributed by atoms with Crippen LogP contribution in [0.5, 0.6) is 0 Å². The Hall–Kier alpha value is -2.44. The van der Waals surface area contributed by atoms with Gasteiger partial charge in [0.05, 0.1) is 4.92 Å². The molecular weight excluding hydrogens is 240 g/mol. The summed E-state index contributed by atoms with van der Waals surface area (Å²) >= 11 is 0. The number of carbonyl (C=O) groups is 2. The van der Waals surface area contributed by atoms with Crippen molar-refractivity contribution in [1.29, 1.82) is 0 Å². The Morgan fingerprint density at radius 3 is 2.67 bits per heavy atom. The summed E-state index contributed by atoms with van der Waals surface area (Å²) in [5.74, 6) is -1.08. The number of rotatable bonds is 6. The highest BCUT2D eigenvalue weighted by Crippen LogP contribution is 2.28.